The lowest BCUT2D eigenvalue weighted by molar-refractivity contribution is -0.131. The van der Waals surface area contributed by atoms with E-state index in [-0.39, 0.29) is 6.61 Å². The summed E-state index contributed by atoms with van der Waals surface area (Å²) < 4.78 is 0. The second kappa shape index (κ2) is 42.8. The van der Waals surface area contributed by atoms with Gasteiger partial charge in [0.15, 0.2) is 0 Å². The average molecular weight is 736 g/mol. The van der Waals surface area contributed by atoms with E-state index in [0.29, 0.717) is 6.42 Å². The highest BCUT2D eigenvalue weighted by Gasteiger charge is 2.22. The minimum Gasteiger partial charge on any atom is -0.394 e. The molecular weight excluding hydrogens is 643 g/mol. The fraction of sp³-hybridized carbons (Fsp3) is 0.936. The molecular formula is C47H93NO4. The van der Waals surface area contributed by atoms with Crippen molar-refractivity contribution >= 4 is 5.91 Å². The number of aliphatic hydroxyl groups is 3. The normalized spacial score (nSPS) is 13.6. The van der Waals surface area contributed by atoms with Crippen LogP contribution in [0.25, 0.3) is 0 Å². The molecule has 0 rings (SSSR count). The van der Waals surface area contributed by atoms with Gasteiger partial charge in [-0.15, -0.1) is 0 Å². The van der Waals surface area contributed by atoms with Crippen LogP contribution >= 0.6 is 0 Å². The van der Waals surface area contributed by atoms with Gasteiger partial charge >= 0.3 is 0 Å². The lowest BCUT2D eigenvalue weighted by Gasteiger charge is -2.21. The molecule has 0 aromatic carbocycles. The standard InChI is InChI=1S/C47H93NO4/c1-3-5-7-9-11-13-15-16-17-18-19-20-21-22-23-24-25-26-27-28-29-30-31-32-34-36-38-40-42-46(51)47(52)48-44(43-49)45(50)41-39-37-35-33-14-12-10-8-6-4-2/h39,41,44-46,49-51H,3-38,40,42-43H2,1-2H3,(H,48,52)/b41-39+. The van der Waals surface area contributed by atoms with E-state index in [9.17, 15) is 20.1 Å². The number of hydrogen-bond acceptors (Lipinski definition) is 4. The summed E-state index contributed by atoms with van der Waals surface area (Å²) in [6.45, 7) is 4.17. The van der Waals surface area contributed by atoms with Crippen molar-refractivity contribution in [2.45, 2.75) is 276 Å². The summed E-state index contributed by atoms with van der Waals surface area (Å²) in [5.74, 6) is -0.500. The van der Waals surface area contributed by atoms with Crippen molar-refractivity contribution in [3.63, 3.8) is 0 Å². The monoisotopic (exact) mass is 736 g/mol. The Morgan fingerprint density at radius 1 is 0.462 bits per heavy atom. The Bertz CT molecular complexity index is 728. The van der Waals surface area contributed by atoms with Crippen LogP contribution in [-0.4, -0.2) is 46.1 Å². The number of nitrogens with one attached hydrogen (secondary N) is 1. The number of carbonyl (C=O) groups excluding carboxylic acids is 1. The maximum absolute atomic E-state index is 12.4. The zero-order chi connectivity index (χ0) is 38.0. The van der Waals surface area contributed by atoms with Crippen LogP contribution in [0, 0.1) is 0 Å². The molecule has 0 saturated heterocycles. The van der Waals surface area contributed by atoms with Gasteiger partial charge in [0.05, 0.1) is 18.8 Å². The third-order valence-electron chi connectivity index (χ3n) is 11.1. The molecule has 4 N–H and O–H groups in total. The van der Waals surface area contributed by atoms with Crippen molar-refractivity contribution in [1.82, 2.24) is 5.32 Å². The number of amides is 1. The highest BCUT2D eigenvalue weighted by molar-refractivity contribution is 5.80. The highest BCUT2D eigenvalue weighted by atomic mass is 16.3. The summed E-state index contributed by atoms with van der Waals surface area (Å²) in [5, 5.41) is 33.0. The first-order valence-electron chi connectivity index (χ1n) is 23.5. The SMILES string of the molecule is CCCCCCCCCC/C=C/C(O)C(CO)NC(=O)C(O)CCCCCCCCCCCCCCCCCCCCCCCCCCCCCC. The maximum atomic E-state index is 12.4. The molecule has 0 spiro atoms. The van der Waals surface area contributed by atoms with E-state index in [4.69, 9.17) is 0 Å². The van der Waals surface area contributed by atoms with Crippen molar-refractivity contribution in [3.8, 4) is 0 Å². The summed E-state index contributed by atoms with van der Waals surface area (Å²) in [6.07, 6.45) is 51.3. The molecule has 3 unspecified atom stereocenters. The Labute approximate surface area is 325 Å². The number of allylic oxidation sites excluding steroid dienone is 1. The molecule has 0 heterocycles. The summed E-state index contributed by atoms with van der Waals surface area (Å²) in [4.78, 5) is 12.4. The van der Waals surface area contributed by atoms with Crippen molar-refractivity contribution in [3.05, 3.63) is 12.2 Å². The molecule has 0 aliphatic carbocycles. The molecule has 0 aliphatic rings. The van der Waals surface area contributed by atoms with Gasteiger partial charge in [0, 0.05) is 0 Å². The fourth-order valence-corrected chi connectivity index (χ4v) is 7.42. The zero-order valence-electron chi connectivity index (χ0n) is 35.2. The molecule has 3 atom stereocenters. The molecule has 52 heavy (non-hydrogen) atoms. The molecule has 310 valence electrons. The van der Waals surface area contributed by atoms with Crippen LogP contribution in [-0.2, 0) is 4.79 Å². The average Bonchev–Trinajstić information content (AvgIpc) is 3.15. The van der Waals surface area contributed by atoms with Gasteiger partial charge in [0.1, 0.15) is 6.10 Å². The molecule has 0 aromatic rings. The molecule has 0 fully saturated rings. The van der Waals surface area contributed by atoms with Gasteiger partial charge in [-0.25, -0.2) is 0 Å². The molecule has 0 radical (unpaired) electrons. The Morgan fingerprint density at radius 2 is 0.750 bits per heavy atom. The minimum absolute atomic E-state index is 0.360. The Hall–Kier alpha value is -0.910. The fourth-order valence-electron chi connectivity index (χ4n) is 7.42. The van der Waals surface area contributed by atoms with Gasteiger partial charge in [0.2, 0.25) is 5.91 Å². The molecule has 0 aromatic heterocycles. The van der Waals surface area contributed by atoms with Gasteiger partial charge < -0.3 is 20.6 Å². The Balaban J connectivity index is 3.49. The van der Waals surface area contributed by atoms with Crippen LogP contribution < -0.4 is 5.32 Å². The quantitative estimate of drug-likeness (QED) is 0.0371. The molecule has 0 bridgehead atoms. The third kappa shape index (κ3) is 37.4. The molecule has 5 nitrogen and oxygen atoms in total. The number of hydrogen-bond donors (Lipinski definition) is 4. The predicted molar refractivity (Wildman–Crippen MR) is 227 cm³/mol. The van der Waals surface area contributed by atoms with Crippen molar-refractivity contribution in [2.75, 3.05) is 6.61 Å². The smallest absolute Gasteiger partial charge is 0.249 e. The van der Waals surface area contributed by atoms with E-state index >= 15 is 0 Å². The minimum atomic E-state index is -1.09. The van der Waals surface area contributed by atoms with Crippen molar-refractivity contribution in [1.29, 1.82) is 0 Å². The van der Waals surface area contributed by atoms with Crippen LogP contribution in [0.5, 0.6) is 0 Å². The summed E-state index contributed by atoms with van der Waals surface area (Å²) in [6, 6.07) is -0.791. The van der Waals surface area contributed by atoms with E-state index in [1.54, 1.807) is 6.08 Å². The lowest BCUT2D eigenvalue weighted by Crippen LogP contribution is -2.48. The van der Waals surface area contributed by atoms with Crippen molar-refractivity contribution in [2.24, 2.45) is 0 Å². The number of aliphatic hydroxyl groups excluding tert-OH is 3. The number of rotatable bonds is 43. The van der Waals surface area contributed by atoms with Crippen molar-refractivity contribution < 1.29 is 20.1 Å². The predicted octanol–water partition coefficient (Wildman–Crippen LogP) is 13.6. The summed E-state index contributed by atoms with van der Waals surface area (Å²) in [5.41, 5.74) is 0. The van der Waals surface area contributed by atoms with Gasteiger partial charge in [-0.3, -0.25) is 4.79 Å². The van der Waals surface area contributed by atoms with E-state index in [2.05, 4.69) is 19.2 Å². The lowest BCUT2D eigenvalue weighted by atomic mass is 10.0. The van der Waals surface area contributed by atoms with Gasteiger partial charge in [0.25, 0.3) is 0 Å². The highest BCUT2D eigenvalue weighted by Crippen LogP contribution is 2.17. The first kappa shape index (κ1) is 51.1. The summed E-state index contributed by atoms with van der Waals surface area (Å²) in [7, 11) is 0. The molecule has 0 saturated carbocycles. The molecule has 0 aliphatic heterocycles. The van der Waals surface area contributed by atoms with Gasteiger partial charge in [-0.1, -0.05) is 251 Å². The van der Waals surface area contributed by atoms with E-state index in [1.807, 2.05) is 6.08 Å². The molecule has 5 heteroatoms. The third-order valence-corrected chi connectivity index (χ3v) is 11.1. The van der Waals surface area contributed by atoms with Crippen LogP contribution in [0.3, 0.4) is 0 Å². The Morgan fingerprint density at radius 3 is 1.06 bits per heavy atom. The number of unbranched alkanes of at least 4 members (excludes halogenated alkanes) is 35. The van der Waals surface area contributed by atoms with E-state index < -0.39 is 24.2 Å². The van der Waals surface area contributed by atoms with Crippen LogP contribution in [0.2, 0.25) is 0 Å². The second-order valence-corrected chi connectivity index (χ2v) is 16.3. The first-order valence-corrected chi connectivity index (χ1v) is 23.5. The van der Waals surface area contributed by atoms with E-state index in [0.717, 1.165) is 32.1 Å². The van der Waals surface area contributed by atoms with Gasteiger partial charge in [-0.05, 0) is 19.3 Å². The number of carbonyl (C=O) groups is 1. The first-order chi connectivity index (χ1) is 25.6. The second-order valence-electron chi connectivity index (χ2n) is 16.3. The van der Waals surface area contributed by atoms with Crippen LogP contribution in [0.15, 0.2) is 12.2 Å². The molecule has 1 amide bonds. The van der Waals surface area contributed by atoms with Crippen LogP contribution in [0.4, 0.5) is 0 Å². The largest absolute Gasteiger partial charge is 0.394 e. The maximum Gasteiger partial charge on any atom is 0.249 e. The zero-order valence-corrected chi connectivity index (χ0v) is 35.2. The van der Waals surface area contributed by atoms with Crippen LogP contribution in [0.1, 0.15) is 258 Å². The summed E-state index contributed by atoms with van der Waals surface area (Å²) >= 11 is 0. The van der Waals surface area contributed by atoms with E-state index in [1.165, 1.54) is 205 Å². The Kier molecular flexibility index (Phi) is 42.1. The topological polar surface area (TPSA) is 89.8 Å². The van der Waals surface area contributed by atoms with Gasteiger partial charge in [-0.2, -0.15) is 0 Å².